The van der Waals surface area contributed by atoms with E-state index in [1.54, 1.807) is 0 Å². The van der Waals surface area contributed by atoms with Crippen molar-refractivity contribution in [1.29, 1.82) is 0 Å². The summed E-state index contributed by atoms with van der Waals surface area (Å²) in [5.41, 5.74) is 0. The number of epoxide rings is 1. The van der Waals surface area contributed by atoms with E-state index in [9.17, 15) is 16.8 Å². The van der Waals surface area contributed by atoms with E-state index in [1.807, 2.05) is 0 Å². The molecular weight excluding hydrogens is 236 g/mol. The van der Waals surface area contributed by atoms with E-state index in [0.717, 1.165) is 0 Å². The molecule has 1 fully saturated rings. The van der Waals surface area contributed by atoms with Gasteiger partial charge in [0.2, 0.25) is 0 Å². The van der Waals surface area contributed by atoms with Crippen LogP contribution in [-0.2, 0) is 29.2 Å². The van der Waals surface area contributed by atoms with Crippen LogP contribution in [0.4, 0.5) is 0 Å². The summed E-state index contributed by atoms with van der Waals surface area (Å²) in [7, 11) is -8.16. The molecule has 0 bridgehead atoms. The lowest BCUT2D eigenvalue weighted by molar-refractivity contribution is 0.267. The molecule has 0 saturated carbocycles. The zero-order valence-corrected chi connectivity index (χ0v) is 8.75. The molecule has 0 aliphatic carbocycles. The molecule has 0 spiro atoms. The molecule has 1 unspecified atom stereocenters. The van der Waals surface area contributed by atoms with Gasteiger partial charge in [0.15, 0.2) is 0 Å². The first-order valence-corrected chi connectivity index (χ1v) is 6.91. The topological polar surface area (TPSA) is 110 Å². The van der Waals surface area contributed by atoms with Crippen molar-refractivity contribution in [3.63, 3.8) is 0 Å². The van der Waals surface area contributed by atoms with Gasteiger partial charge in [-0.3, -0.25) is 8.74 Å². The molecule has 1 saturated heterocycles. The Morgan fingerprint density at radius 2 is 1.86 bits per heavy atom. The molecule has 7 nitrogen and oxygen atoms in total. The Labute approximate surface area is 81.9 Å². The summed E-state index contributed by atoms with van der Waals surface area (Å²) in [5, 5.41) is 0. The Morgan fingerprint density at radius 1 is 1.29 bits per heavy atom. The van der Waals surface area contributed by atoms with Gasteiger partial charge in [0.1, 0.15) is 6.10 Å². The average molecular weight is 246 g/mol. The minimum Gasteiger partial charge on any atom is -0.371 e. The van der Waals surface area contributed by atoms with Crippen LogP contribution < -0.4 is 0 Å². The van der Waals surface area contributed by atoms with Crippen molar-refractivity contribution < 1.29 is 30.3 Å². The highest BCUT2D eigenvalue weighted by Crippen LogP contribution is 2.10. The van der Waals surface area contributed by atoms with Crippen LogP contribution in [-0.4, -0.2) is 52.2 Å². The maximum absolute atomic E-state index is 11.0. The van der Waals surface area contributed by atoms with Crippen molar-refractivity contribution in [2.24, 2.45) is 0 Å². The van der Waals surface area contributed by atoms with Gasteiger partial charge in [-0.15, -0.1) is 0 Å². The van der Waals surface area contributed by atoms with E-state index in [1.165, 1.54) is 0 Å². The van der Waals surface area contributed by atoms with Gasteiger partial charge in [-0.2, -0.15) is 16.8 Å². The molecule has 1 aliphatic rings. The molecule has 0 aromatic heterocycles. The Hall–Kier alpha value is -0.220. The van der Waals surface area contributed by atoms with Crippen LogP contribution in [0.15, 0.2) is 0 Å². The predicted molar refractivity (Wildman–Crippen MR) is 45.9 cm³/mol. The molecular formula is C5H10O7S2. The van der Waals surface area contributed by atoms with E-state index < -0.39 is 31.7 Å². The highest BCUT2D eigenvalue weighted by molar-refractivity contribution is 7.90. The van der Waals surface area contributed by atoms with Gasteiger partial charge in [-0.05, 0) is 0 Å². The molecule has 1 rings (SSSR count). The van der Waals surface area contributed by atoms with E-state index in [-0.39, 0.29) is 12.7 Å². The Kier molecular flexibility index (Phi) is 3.48. The summed E-state index contributed by atoms with van der Waals surface area (Å²) >= 11 is 0. The van der Waals surface area contributed by atoms with Crippen molar-refractivity contribution in [2.45, 2.75) is 6.10 Å². The largest absolute Gasteiger partial charge is 0.371 e. The number of hydrogen-bond acceptors (Lipinski definition) is 6. The molecule has 1 N–H and O–H groups in total. The van der Waals surface area contributed by atoms with Crippen LogP contribution in [0.25, 0.3) is 0 Å². The van der Waals surface area contributed by atoms with E-state index >= 15 is 0 Å². The first-order valence-electron chi connectivity index (χ1n) is 3.72. The lowest BCUT2D eigenvalue weighted by Gasteiger charge is -2.01. The molecule has 1 aliphatic heterocycles. The second kappa shape index (κ2) is 4.11. The number of ether oxygens (including phenoxy) is 1. The van der Waals surface area contributed by atoms with Gasteiger partial charge in [0.05, 0.1) is 24.7 Å². The molecule has 0 amide bonds. The summed E-state index contributed by atoms with van der Waals surface area (Å²) in [6.07, 6.45) is -0.212. The fraction of sp³-hybridized carbons (Fsp3) is 1.00. The minimum absolute atomic E-state index is 0.103. The first-order chi connectivity index (χ1) is 6.29. The Bertz CT molecular complexity index is 376. The van der Waals surface area contributed by atoms with Crippen molar-refractivity contribution in [1.82, 2.24) is 0 Å². The van der Waals surface area contributed by atoms with Gasteiger partial charge in [-0.25, -0.2) is 0 Å². The predicted octanol–water partition coefficient (Wildman–Crippen LogP) is -1.38. The van der Waals surface area contributed by atoms with Crippen LogP contribution in [0, 0.1) is 0 Å². The molecule has 84 valence electrons. The number of hydrogen-bond donors (Lipinski definition) is 1. The van der Waals surface area contributed by atoms with Crippen molar-refractivity contribution in [3.05, 3.63) is 0 Å². The van der Waals surface area contributed by atoms with Gasteiger partial charge in [0.25, 0.3) is 20.2 Å². The normalized spacial score (nSPS) is 22.2. The monoisotopic (exact) mass is 246 g/mol. The zero-order chi connectivity index (χ0) is 10.8. The lowest BCUT2D eigenvalue weighted by atomic mass is 10.5. The minimum atomic E-state index is -4.27. The van der Waals surface area contributed by atoms with Crippen LogP contribution in [0.5, 0.6) is 0 Å². The van der Waals surface area contributed by atoms with Crippen LogP contribution in [0.3, 0.4) is 0 Å². The van der Waals surface area contributed by atoms with Crippen LogP contribution >= 0.6 is 0 Å². The first kappa shape index (κ1) is 11.9. The summed E-state index contributed by atoms with van der Waals surface area (Å²) in [5.74, 6) is -1.61. The number of rotatable bonds is 6. The van der Waals surface area contributed by atoms with Crippen molar-refractivity contribution >= 4 is 20.2 Å². The Morgan fingerprint density at radius 3 is 2.29 bits per heavy atom. The molecule has 1 atom stereocenters. The summed E-state index contributed by atoms with van der Waals surface area (Å²) in [4.78, 5) is 0. The summed E-state index contributed by atoms with van der Waals surface area (Å²) in [6.45, 7) is 0.349. The summed E-state index contributed by atoms with van der Waals surface area (Å²) < 4.78 is 59.8. The SMILES string of the molecule is O=S(=O)(O)CCS(=O)(=O)OCC1CO1. The van der Waals surface area contributed by atoms with Gasteiger partial charge in [0, 0.05) is 0 Å². The standard InChI is InChI=1S/C5H10O7S2/c6-13(7,8)1-2-14(9,10)12-4-5-3-11-5/h5H,1-4H2,(H,6,7,8). The molecule has 0 radical (unpaired) electrons. The highest BCUT2D eigenvalue weighted by Gasteiger charge is 2.26. The fourth-order valence-corrected chi connectivity index (χ4v) is 2.75. The van der Waals surface area contributed by atoms with Crippen LogP contribution in [0.2, 0.25) is 0 Å². The zero-order valence-electron chi connectivity index (χ0n) is 7.12. The van der Waals surface area contributed by atoms with Crippen molar-refractivity contribution in [2.75, 3.05) is 24.7 Å². The third kappa shape index (κ3) is 5.50. The smallest absolute Gasteiger partial charge is 0.268 e. The molecule has 9 heteroatoms. The van der Waals surface area contributed by atoms with Gasteiger partial charge >= 0.3 is 0 Å². The molecule has 1 heterocycles. The van der Waals surface area contributed by atoms with Gasteiger partial charge < -0.3 is 4.74 Å². The third-order valence-electron chi connectivity index (χ3n) is 1.43. The molecule has 14 heavy (non-hydrogen) atoms. The van der Waals surface area contributed by atoms with E-state index in [2.05, 4.69) is 4.18 Å². The maximum Gasteiger partial charge on any atom is 0.268 e. The van der Waals surface area contributed by atoms with E-state index in [0.29, 0.717) is 6.61 Å². The molecule has 0 aromatic rings. The second-order valence-corrected chi connectivity index (χ2v) is 6.12. The van der Waals surface area contributed by atoms with Crippen LogP contribution in [0.1, 0.15) is 0 Å². The molecule has 0 aromatic carbocycles. The third-order valence-corrected chi connectivity index (χ3v) is 3.60. The van der Waals surface area contributed by atoms with Crippen molar-refractivity contribution in [3.8, 4) is 0 Å². The average Bonchev–Trinajstić information content (AvgIpc) is 2.79. The lowest BCUT2D eigenvalue weighted by Crippen LogP contribution is -2.20. The second-order valence-electron chi connectivity index (χ2n) is 2.79. The highest BCUT2D eigenvalue weighted by atomic mass is 32.2. The fourth-order valence-electron chi connectivity index (χ4n) is 0.610. The van der Waals surface area contributed by atoms with Gasteiger partial charge in [-0.1, -0.05) is 0 Å². The quantitative estimate of drug-likeness (QED) is 0.349. The Balaban J connectivity index is 2.33. The summed E-state index contributed by atoms with van der Waals surface area (Å²) in [6, 6.07) is 0. The maximum atomic E-state index is 11.0. The van der Waals surface area contributed by atoms with E-state index in [4.69, 9.17) is 9.29 Å².